The fourth-order valence-corrected chi connectivity index (χ4v) is 5.40. The van der Waals surface area contributed by atoms with Crippen molar-refractivity contribution in [1.82, 2.24) is 5.32 Å². The van der Waals surface area contributed by atoms with Crippen molar-refractivity contribution in [1.29, 1.82) is 0 Å². The van der Waals surface area contributed by atoms with Crippen LogP contribution >= 0.6 is 0 Å². The Kier molecular flexibility index (Phi) is 8.23. The highest BCUT2D eigenvalue weighted by Gasteiger charge is 2.27. The zero-order chi connectivity index (χ0) is 27.1. The van der Waals surface area contributed by atoms with E-state index in [0.29, 0.717) is 5.69 Å². The first-order chi connectivity index (χ1) is 18.3. The number of nitrogens with one attached hydrogen (secondary N) is 2. The van der Waals surface area contributed by atoms with Gasteiger partial charge in [0.25, 0.3) is 15.9 Å². The monoisotopic (exact) mass is 527 g/mol. The van der Waals surface area contributed by atoms with Gasteiger partial charge in [0.15, 0.2) is 0 Å². The summed E-state index contributed by atoms with van der Waals surface area (Å²) in [6.07, 6.45) is 0. The van der Waals surface area contributed by atoms with E-state index in [1.807, 2.05) is 44.2 Å². The quantitative estimate of drug-likeness (QED) is 0.308. The van der Waals surface area contributed by atoms with Gasteiger partial charge in [-0.1, -0.05) is 78.4 Å². The first kappa shape index (κ1) is 26.6. The van der Waals surface area contributed by atoms with Gasteiger partial charge in [-0.25, -0.2) is 8.42 Å². The van der Waals surface area contributed by atoms with Crippen molar-refractivity contribution in [2.45, 2.75) is 24.8 Å². The first-order valence-electron chi connectivity index (χ1n) is 12.1. The molecule has 0 saturated heterocycles. The molecule has 0 aliphatic heterocycles. The van der Waals surface area contributed by atoms with Crippen molar-refractivity contribution >= 4 is 33.2 Å². The smallest absolute Gasteiger partial charge is 0.264 e. The van der Waals surface area contributed by atoms with Gasteiger partial charge in [-0.3, -0.25) is 13.9 Å². The van der Waals surface area contributed by atoms with Gasteiger partial charge in [0, 0.05) is 0 Å². The highest BCUT2D eigenvalue weighted by Crippen LogP contribution is 2.25. The van der Waals surface area contributed by atoms with Crippen LogP contribution in [0.5, 0.6) is 0 Å². The second-order valence-electron chi connectivity index (χ2n) is 8.86. The standard InChI is InChI=1S/C30H29N3O4S/c1-22-17-19-25(20-18-22)33(38(36,37)26-13-7-4-8-14-26)21-29(34)32-28-16-10-9-15-27(28)30(35)31-23(2)24-11-5-3-6-12-24/h3-20,23H,21H2,1-2H3,(H,31,35)(H,32,34)/t23-/m0/s1. The Labute approximate surface area is 223 Å². The van der Waals surface area contributed by atoms with Crippen LogP contribution in [0.25, 0.3) is 0 Å². The van der Waals surface area contributed by atoms with Crippen molar-refractivity contribution in [3.8, 4) is 0 Å². The Bertz CT molecular complexity index is 1510. The molecular weight excluding hydrogens is 498 g/mol. The Morgan fingerprint density at radius 2 is 1.37 bits per heavy atom. The van der Waals surface area contributed by atoms with E-state index in [-0.39, 0.29) is 28.1 Å². The molecule has 2 N–H and O–H groups in total. The molecule has 0 saturated carbocycles. The average molecular weight is 528 g/mol. The molecule has 4 aromatic carbocycles. The second kappa shape index (κ2) is 11.7. The van der Waals surface area contributed by atoms with Crippen molar-refractivity contribution < 1.29 is 18.0 Å². The molecule has 0 heterocycles. The van der Waals surface area contributed by atoms with Crippen LogP contribution in [0, 0.1) is 6.92 Å². The fraction of sp³-hybridized carbons (Fsp3) is 0.133. The van der Waals surface area contributed by atoms with Crippen LogP contribution in [-0.2, 0) is 14.8 Å². The minimum atomic E-state index is -4.03. The van der Waals surface area contributed by atoms with E-state index in [1.54, 1.807) is 66.7 Å². The highest BCUT2D eigenvalue weighted by atomic mass is 32.2. The molecule has 38 heavy (non-hydrogen) atoms. The number of amides is 2. The maximum Gasteiger partial charge on any atom is 0.264 e. The van der Waals surface area contributed by atoms with Crippen molar-refractivity contribution in [3.63, 3.8) is 0 Å². The number of anilines is 2. The fourth-order valence-electron chi connectivity index (χ4n) is 3.96. The maximum absolute atomic E-state index is 13.5. The Morgan fingerprint density at radius 1 is 0.789 bits per heavy atom. The van der Waals surface area contributed by atoms with E-state index < -0.39 is 22.5 Å². The average Bonchev–Trinajstić information content (AvgIpc) is 2.93. The summed E-state index contributed by atoms with van der Waals surface area (Å²) in [6, 6.07) is 30.8. The van der Waals surface area contributed by atoms with Crippen molar-refractivity contribution in [2.24, 2.45) is 0 Å². The number of para-hydroxylation sites is 1. The summed E-state index contributed by atoms with van der Waals surface area (Å²) >= 11 is 0. The van der Waals surface area contributed by atoms with E-state index in [1.165, 1.54) is 12.1 Å². The summed E-state index contributed by atoms with van der Waals surface area (Å²) in [5.41, 5.74) is 2.83. The lowest BCUT2D eigenvalue weighted by atomic mass is 10.1. The number of aryl methyl sites for hydroxylation is 1. The molecule has 0 unspecified atom stereocenters. The molecule has 0 aromatic heterocycles. The molecule has 0 fully saturated rings. The van der Waals surface area contributed by atoms with E-state index in [4.69, 9.17) is 0 Å². The lowest BCUT2D eigenvalue weighted by molar-refractivity contribution is -0.114. The van der Waals surface area contributed by atoms with Gasteiger partial charge in [0.1, 0.15) is 6.54 Å². The van der Waals surface area contributed by atoms with Crippen LogP contribution in [0.15, 0.2) is 114 Å². The Balaban J connectivity index is 1.57. The van der Waals surface area contributed by atoms with Crippen LogP contribution in [0.3, 0.4) is 0 Å². The zero-order valence-corrected chi connectivity index (χ0v) is 22.0. The number of hydrogen-bond donors (Lipinski definition) is 2. The molecule has 0 bridgehead atoms. The normalized spacial score (nSPS) is 11.8. The highest BCUT2D eigenvalue weighted by molar-refractivity contribution is 7.92. The predicted molar refractivity (Wildman–Crippen MR) is 150 cm³/mol. The van der Waals surface area contributed by atoms with Gasteiger partial charge in [-0.2, -0.15) is 0 Å². The van der Waals surface area contributed by atoms with Crippen LogP contribution in [0.1, 0.15) is 34.5 Å². The lowest BCUT2D eigenvalue weighted by Crippen LogP contribution is -2.38. The van der Waals surface area contributed by atoms with Gasteiger partial charge in [-0.15, -0.1) is 0 Å². The number of carbonyl (C=O) groups is 2. The third-order valence-electron chi connectivity index (χ3n) is 6.03. The predicted octanol–water partition coefficient (Wildman–Crippen LogP) is 5.32. The molecule has 0 radical (unpaired) electrons. The lowest BCUT2D eigenvalue weighted by Gasteiger charge is -2.24. The van der Waals surface area contributed by atoms with Gasteiger partial charge < -0.3 is 10.6 Å². The zero-order valence-electron chi connectivity index (χ0n) is 21.2. The SMILES string of the molecule is Cc1ccc(N(CC(=O)Nc2ccccc2C(=O)N[C@@H](C)c2ccccc2)S(=O)(=O)c2ccccc2)cc1. The topological polar surface area (TPSA) is 95.6 Å². The number of nitrogens with zero attached hydrogens (tertiary/aromatic N) is 1. The molecule has 0 spiro atoms. The van der Waals surface area contributed by atoms with Gasteiger partial charge in [0.2, 0.25) is 5.91 Å². The molecule has 0 aliphatic carbocycles. The van der Waals surface area contributed by atoms with E-state index >= 15 is 0 Å². The van der Waals surface area contributed by atoms with Crippen LogP contribution < -0.4 is 14.9 Å². The first-order valence-corrected chi connectivity index (χ1v) is 13.6. The molecule has 8 heteroatoms. The summed E-state index contributed by atoms with van der Waals surface area (Å²) in [6.45, 7) is 3.30. The molecule has 2 amide bonds. The Hall–Kier alpha value is -4.43. The second-order valence-corrected chi connectivity index (χ2v) is 10.7. The molecule has 194 valence electrons. The minimum Gasteiger partial charge on any atom is -0.345 e. The van der Waals surface area contributed by atoms with Crippen LogP contribution in [0.2, 0.25) is 0 Å². The number of hydrogen-bond acceptors (Lipinski definition) is 4. The third-order valence-corrected chi connectivity index (χ3v) is 7.82. The number of sulfonamides is 1. The van der Waals surface area contributed by atoms with E-state index in [2.05, 4.69) is 10.6 Å². The summed E-state index contributed by atoms with van der Waals surface area (Å²) in [5.74, 6) is -0.939. The van der Waals surface area contributed by atoms with Crippen molar-refractivity contribution in [2.75, 3.05) is 16.2 Å². The number of benzene rings is 4. The third kappa shape index (κ3) is 6.27. The van der Waals surface area contributed by atoms with Gasteiger partial charge in [-0.05, 0) is 55.8 Å². The van der Waals surface area contributed by atoms with Crippen molar-refractivity contribution in [3.05, 3.63) is 126 Å². The van der Waals surface area contributed by atoms with Crippen LogP contribution in [-0.4, -0.2) is 26.8 Å². The molecule has 7 nitrogen and oxygen atoms in total. The minimum absolute atomic E-state index is 0.0723. The maximum atomic E-state index is 13.5. The van der Waals surface area contributed by atoms with E-state index in [0.717, 1.165) is 15.4 Å². The molecule has 4 rings (SSSR count). The number of carbonyl (C=O) groups excluding carboxylic acids is 2. The molecular formula is C30H29N3O4S. The number of rotatable bonds is 9. The summed E-state index contributed by atoms with van der Waals surface area (Å²) in [4.78, 5) is 26.4. The molecule has 4 aromatic rings. The van der Waals surface area contributed by atoms with Crippen LogP contribution in [0.4, 0.5) is 11.4 Å². The summed E-state index contributed by atoms with van der Waals surface area (Å²) in [7, 11) is -4.03. The summed E-state index contributed by atoms with van der Waals surface area (Å²) < 4.78 is 28.1. The Morgan fingerprint density at radius 3 is 2.03 bits per heavy atom. The van der Waals surface area contributed by atoms with E-state index in [9.17, 15) is 18.0 Å². The van der Waals surface area contributed by atoms with Gasteiger partial charge >= 0.3 is 0 Å². The molecule has 0 aliphatic rings. The summed E-state index contributed by atoms with van der Waals surface area (Å²) in [5, 5.41) is 5.68. The molecule has 1 atom stereocenters. The van der Waals surface area contributed by atoms with Gasteiger partial charge in [0.05, 0.1) is 27.9 Å². The largest absolute Gasteiger partial charge is 0.345 e.